The Bertz CT molecular complexity index is 722. The zero-order valence-electron chi connectivity index (χ0n) is 15.9. The molecule has 0 saturated carbocycles. The van der Waals surface area contributed by atoms with E-state index in [0.29, 0.717) is 16.7 Å². The third kappa shape index (κ3) is 7.61. The van der Waals surface area contributed by atoms with E-state index >= 15 is 0 Å². The van der Waals surface area contributed by atoms with Crippen LogP contribution >= 0.6 is 15.9 Å². The van der Waals surface area contributed by atoms with E-state index in [2.05, 4.69) is 27.8 Å². The molecule has 0 aliphatic carbocycles. The predicted molar refractivity (Wildman–Crippen MR) is 109 cm³/mol. The Balaban J connectivity index is 2.25. The van der Waals surface area contributed by atoms with E-state index in [9.17, 15) is 4.79 Å². The lowest BCUT2D eigenvalue weighted by atomic mass is 9.99. The van der Waals surface area contributed by atoms with Gasteiger partial charge in [0.05, 0.1) is 18.9 Å². The summed E-state index contributed by atoms with van der Waals surface area (Å²) in [6, 6.07) is 13.1. The number of nitrogens with one attached hydrogen (secondary N) is 1. The summed E-state index contributed by atoms with van der Waals surface area (Å²) in [6.45, 7) is 9.58. The van der Waals surface area contributed by atoms with Crippen molar-refractivity contribution < 1.29 is 18.7 Å². The van der Waals surface area contributed by atoms with Crippen LogP contribution in [0.5, 0.6) is 0 Å². The van der Waals surface area contributed by atoms with Gasteiger partial charge in [0.2, 0.25) is 0 Å². The molecule has 0 bridgehead atoms. The summed E-state index contributed by atoms with van der Waals surface area (Å²) in [6.07, 6.45) is 1.14. The summed E-state index contributed by atoms with van der Waals surface area (Å²) in [5, 5.41) is 2.94. The molecule has 0 aliphatic heterocycles. The zero-order valence-corrected chi connectivity index (χ0v) is 17.5. The maximum atomic E-state index is 12.4. The molecule has 2 aromatic rings. The van der Waals surface area contributed by atoms with Crippen LogP contribution in [-0.4, -0.2) is 24.3 Å². The quantitative estimate of drug-likeness (QED) is 0.604. The van der Waals surface area contributed by atoms with E-state index in [1.54, 1.807) is 12.3 Å². The second-order valence-electron chi connectivity index (χ2n) is 7.21. The number of furan rings is 1. The van der Waals surface area contributed by atoms with Crippen LogP contribution in [0.15, 0.2) is 64.2 Å². The molecule has 1 amide bonds. The predicted octanol–water partition coefficient (Wildman–Crippen LogP) is 5.38. The lowest BCUT2D eigenvalue weighted by molar-refractivity contribution is 0.0139. The number of benzene rings is 1. The molecule has 0 fully saturated rings. The zero-order chi connectivity index (χ0) is 19.9. The number of halogens is 1. The van der Waals surface area contributed by atoms with Crippen LogP contribution in [0, 0.1) is 0 Å². The van der Waals surface area contributed by atoms with Gasteiger partial charge in [0.1, 0.15) is 17.5 Å². The Morgan fingerprint density at radius 3 is 2.48 bits per heavy atom. The first-order valence-electron chi connectivity index (χ1n) is 8.76. The first kappa shape index (κ1) is 21.3. The largest absolute Gasteiger partial charge is 0.466 e. The Morgan fingerprint density at radius 2 is 1.93 bits per heavy atom. The van der Waals surface area contributed by atoms with E-state index in [0.717, 1.165) is 5.56 Å². The van der Waals surface area contributed by atoms with E-state index in [1.807, 2.05) is 57.2 Å². The van der Waals surface area contributed by atoms with Crippen LogP contribution in [0.4, 0.5) is 4.79 Å². The molecule has 1 N–H and O–H groups in total. The second kappa shape index (κ2) is 9.76. The number of carbonyl (C=O) groups excluding carboxylic acids is 1. The van der Waals surface area contributed by atoms with Crippen molar-refractivity contribution in [3.8, 4) is 0 Å². The third-order valence-electron chi connectivity index (χ3n) is 3.61. The molecule has 5 nitrogen and oxygen atoms in total. The minimum Gasteiger partial charge on any atom is -0.466 e. The standard InChI is InChI=1S/C21H26BrNO4/c1-15(22)14-26-19(18-11-8-12-25-18)17(13-16-9-6-5-7-10-16)23-20(24)27-21(2,3)4/h5-12,17,19H,1,13-14H2,2-4H3,(H,23,24)/t17-,19?/m0/s1. The van der Waals surface area contributed by atoms with E-state index in [1.165, 1.54) is 0 Å². The van der Waals surface area contributed by atoms with Crippen molar-refractivity contribution >= 4 is 22.0 Å². The summed E-state index contributed by atoms with van der Waals surface area (Å²) in [4.78, 5) is 12.4. The smallest absolute Gasteiger partial charge is 0.407 e. The van der Waals surface area contributed by atoms with Crippen LogP contribution in [0.25, 0.3) is 0 Å². The molecule has 0 saturated heterocycles. The number of hydrogen-bond acceptors (Lipinski definition) is 4. The van der Waals surface area contributed by atoms with E-state index in [4.69, 9.17) is 13.9 Å². The lowest BCUT2D eigenvalue weighted by Crippen LogP contribution is -2.44. The Hall–Kier alpha value is -2.05. The summed E-state index contributed by atoms with van der Waals surface area (Å²) >= 11 is 3.31. The molecule has 2 rings (SSSR count). The van der Waals surface area contributed by atoms with Gasteiger partial charge in [-0.3, -0.25) is 0 Å². The van der Waals surface area contributed by atoms with Gasteiger partial charge in [-0.1, -0.05) is 52.8 Å². The van der Waals surface area contributed by atoms with Crippen LogP contribution in [0.2, 0.25) is 0 Å². The highest BCUT2D eigenvalue weighted by Gasteiger charge is 2.30. The van der Waals surface area contributed by atoms with Crippen molar-refractivity contribution in [2.75, 3.05) is 6.61 Å². The average molecular weight is 436 g/mol. The first-order chi connectivity index (χ1) is 12.7. The van der Waals surface area contributed by atoms with Crippen molar-refractivity contribution in [1.29, 1.82) is 0 Å². The van der Waals surface area contributed by atoms with Crippen LogP contribution in [0.1, 0.15) is 38.2 Å². The molecule has 0 spiro atoms. The van der Waals surface area contributed by atoms with Crippen LogP contribution in [0.3, 0.4) is 0 Å². The summed E-state index contributed by atoms with van der Waals surface area (Å²) in [7, 11) is 0. The van der Waals surface area contributed by atoms with Gasteiger partial charge in [-0.2, -0.15) is 0 Å². The average Bonchev–Trinajstić information content (AvgIpc) is 3.08. The second-order valence-corrected chi connectivity index (χ2v) is 8.33. The molecule has 2 atom stereocenters. The van der Waals surface area contributed by atoms with Crippen molar-refractivity contribution in [1.82, 2.24) is 5.32 Å². The molecule has 0 radical (unpaired) electrons. The molecule has 27 heavy (non-hydrogen) atoms. The number of hydrogen-bond donors (Lipinski definition) is 1. The minimum absolute atomic E-state index is 0.284. The summed E-state index contributed by atoms with van der Waals surface area (Å²) < 4.78 is 17.7. The molecular formula is C21H26BrNO4. The summed E-state index contributed by atoms with van der Waals surface area (Å²) in [5.41, 5.74) is 0.475. The van der Waals surface area contributed by atoms with E-state index in [-0.39, 0.29) is 12.6 Å². The molecule has 1 unspecified atom stereocenters. The Kier molecular flexibility index (Phi) is 7.68. The number of rotatable bonds is 8. The van der Waals surface area contributed by atoms with Gasteiger partial charge in [0.25, 0.3) is 0 Å². The van der Waals surface area contributed by atoms with Gasteiger partial charge in [-0.05, 0) is 44.9 Å². The fourth-order valence-corrected chi connectivity index (χ4v) is 2.72. The maximum Gasteiger partial charge on any atom is 0.407 e. The van der Waals surface area contributed by atoms with Crippen molar-refractivity contribution in [2.24, 2.45) is 0 Å². The van der Waals surface area contributed by atoms with Gasteiger partial charge >= 0.3 is 6.09 Å². The van der Waals surface area contributed by atoms with Crippen molar-refractivity contribution in [3.05, 3.63) is 71.1 Å². The van der Waals surface area contributed by atoms with Gasteiger partial charge in [-0.15, -0.1) is 0 Å². The minimum atomic E-state index is -0.591. The van der Waals surface area contributed by atoms with Gasteiger partial charge in [0, 0.05) is 4.48 Å². The van der Waals surface area contributed by atoms with Crippen molar-refractivity contribution in [2.45, 2.75) is 44.9 Å². The highest BCUT2D eigenvalue weighted by atomic mass is 79.9. The molecule has 146 valence electrons. The lowest BCUT2D eigenvalue weighted by Gasteiger charge is -2.28. The van der Waals surface area contributed by atoms with Gasteiger partial charge in [-0.25, -0.2) is 4.79 Å². The number of amides is 1. The van der Waals surface area contributed by atoms with Gasteiger partial charge in [0.15, 0.2) is 0 Å². The highest BCUT2D eigenvalue weighted by molar-refractivity contribution is 9.11. The number of carbonyl (C=O) groups is 1. The fraction of sp³-hybridized carbons (Fsp3) is 0.381. The molecule has 0 aliphatic rings. The SMILES string of the molecule is C=C(Br)COC(c1ccco1)[C@H](Cc1ccccc1)NC(=O)OC(C)(C)C. The Labute approximate surface area is 168 Å². The molecule has 1 aromatic heterocycles. The van der Waals surface area contributed by atoms with Crippen molar-refractivity contribution in [3.63, 3.8) is 0 Å². The third-order valence-corrected chi connectivity index (χ3v) is 3.84. The number of ether oxygens (including phenoxy) is 2. The number of alkyl carbamates (subject to hydrolysis) is 1. The molecule has 6 heteroatoms. The normalized spacial score (nSPS) is 13.6. The maximum absolute atomic E-state index is 12.4. The topological polar surface area (TPSA) is 60.7 Å². The fourth-order valence-electron chi connectivity index (χ4n) is 2.59. The molecule has 1 aromatic carbocycles. The Morgan fingerprint density at radius 1 is 1.22 bits per heavy atom. The van der Waals surface area contributed by atoms with Crippen LogP contribution in [-0.2, 0) is 15.9 Å². The summed E-state index contributed by atoms with van der Waals surface area (Å²) in [5.74, 6) is 0.626. The van der Waals surface area contributed by atoms with Gasteiger partial charge < -0.3 is 19.2 Å². The molecule has 1 heterocycles. The molecular weight excluding hydrogens is 410 g/mol. The van der Waals surface area contributed by atoms with Crippen LogP contribution < -0.4 is 5.32 Å². The monoisotopic (exact) mass is 435 g/mol. The van der Waals surface area contributed by atoms with E-state index < -0.39 is 17.8 Å². The highest BCUT2D eigenvalue weighted by Crippen LogP contribution is 2.26. The first-order valence-corrected chi connectivity index (χ1v) is 9.55.